The molecule has 3 heteroatoms. The maximum Gasteiger partial charge on any atom is 0.306 e. The summed E-state index contributed by atoms with van der Waals surface area (Å²) in [5, 5.41) is 19.8. The van der Waals surface area contributed by atoms with Crippen LogP contribution < -0.4 is 0 Å². The van der Waals surface area contributed by atoms with Crippen molar-refractivity contribution in [2.45, 2.75) is 45.6 Å². The van der Waals surface area contributed by atoms with Gasteiger partial charge in [-0.15, -0.1) is 0 Å². The summed E-state index contributed by atoms with van der Waals surface area (Å²) < 4.78 is 0. The lowest BCUT2D eigenvalue weighted by Crippen LogP contribution is -2.23. The molecule has 1 fully saturated rings. The molecule has 0 spiro atoms. The summed E-state index contributed by atoms with van der Waals surface area (Å²) in [6.45, 7) is 4.20. The maximum absolute atomic E-state index is 11.3. The van der Waals surface area contributed by atoms with Crippen molar-refractivity contribution in [3.63, 3.8) is 0 Å². The third-order valence-corrected chi connectivity index (χ3v) is 4.43. The Balaban J connectivity index is 2.13. The number of aliphatic hydroxyl groups is 1. The van der Waals surface area contributed by atoms with Gasteiger partial charge < -0.3 is 10.2 Å². The average Bonchev–Trinajstić information content (AvgIpc) is 2.81. The van der Waals surface area contributed by atoms with E-state index in [2.05, 4.69) is 13.8 Å². The molecule has 1 aliphatic rings. The lowest BCUT2D eigenvalue weighted by molar-refractivity contribution is -0.144. The second-order valence-electron chi connectivity index (χ2n) is 6.12. The molecule has 1 saturated carbocycles. The highest BCUT2D eigenvalue weighted by Crippen LogP contribution is 2.43. The largest absolute Gasteiger partial charge is 0.481 e. The molecule has 2 N–H and O–H groups in total. The van der Waals surface area contributed by atoms with Gasteiger partial charge in [-0.3, -0.25) is 4.79 Å². The fourth-order valence-corrected chi connectivity index (χ4v) is 3.38. The number of rotatable bonds is 5. The van der Waals surface area contributed by atoms with Crippen LogP contribution in [0.1, 0.15) is 50.3 Å². The second kappa shape index (κ2) is 6.40. The van der Waals surface area contributed by atoms with E-state index in [1.54, 1.807) is 0 Å². The van der Waals surface area contributed by atoms with Crippen LogP contribution in [-0.2, 0) is 11.2 Å². The molecule has 0 bridgehead atoms. The standard InChI is InChI=1S/C17H24O3/c1-3-4-12-5-7-13(8-6-12)16(18)14-9-11(2)10-15(14)17(19)20/h5-8,11,14-16,18H,3-4,9-10H2,1-2H3,(H,19,20). The number of hydrogen-bond acceptors (Lipinski definition) is 2. The molecule has 1 aromatic rings. The molecule has 0 radical (unpaired) electrons. The lowest BCUT2D eigenvalue weighted by atomic mass is 9.86. The van der Waals surface area contributed by atoms with E-state index >= 15 is 0 Å². The van der Waals surface area contributed by atoms with E-state index in [9.17, 15) is 15.0 Å². The highest BCUT2D eigenvalue weighted by atomic mass is 16.4. The van der Waals surface area contributed by atoms with Crippen LogP contribution in [0.25, 0.3) is 0 Å². The Labute approximate surface area is 120 Å². The van der Waals surface area contributed by atoms with Gasteiger partial charge in [0.05, 0.1) is 12.0 Å². The first-order chi connectivity index (χ1) is 9.52. The van der Waals surface area contributed by atoms with Crippen LogP contribution in [0.15, 0.2) is 24.3 Å². The van der Waals surface area contributed by atoms with Crippen LogP contribution in [0, 0.1) is 17.8 Å². The van der Waals surface area contributed by atoms with Gasteiger partial charge in [-0.1, -0.05) is 44.5 Å². The molecule has 0 amide bonds. The van der Waals surface area contributed by atoms with Crippen LogP contribution in [-0.4, -0.2) is 16.2 Å². The smallest absolute Gasteiger partial charge is 0.306 e. The summed E-state index contributed by atoms with van der Waals surface area (Å²) >= 11 is 0. The zero-order valence-electron chi connectivity index (χ0n) is 12.2. The summed E-state index contributed by atoms with van der Waals surface area (Å²) in [4.78, 5) is 11.3. The zero-order valence-corrected chi connectivity index (χ0v) is 12.2. The molecule has 0 saturated heterocycles. The highest BCUT2D eigenvalue weighted by molar-refractivity contribution is 5.71. The van der Waals surface area contributed by atoms with Crippen molar-refractivity contribution >= 4 is 5.97 Å². The minimum Gasteiger partial charge on any atom is -0.481 e. The average molecular weight is 276 g/mol. The van der Waals surface area contributed by atoms with Crippen molar-refractivity contribution in [3.8, 4) is 0 Å². The van der Waals surface area contributed by atoms with Crippen molar-refractivity contribution in [1.82, 2.24) is 0 Å². The predicted molar refractivity (Wildman–Crippen MR) is 78.4 cm³/mol. The van der Waals surface area contributed by atoms with E-state index in [0.717, 1.165) is 24.8 Å². The van der Waals surface area contributed by atoms with E-state index in [1.165, 1.54) is 5.56 Å². The van der Waals surface area contributed by atoms with Gasteiger partial charge in [0.25, 0.3) is 0 Å². The normalized spacial score (nSPS) is 27.4. The van der Waals surface area contributed by atoms with Crippen molar-refractivity contribution in [2.24, 2.45) is 17.8 Å². The number of aliphatic hydroxyl groups excluding tert-OH is 1. The van der Waals surface area contributed by atoms with Crippen molar-refractivity contribution < 1.29 is 15.0 Å². The first-order valence-corrected chi connectivity index (χ1v) is 7.52. The number of hydrogen-bond donors (Lipinski definition) is 2. The maximum atomic E-state index is 11.3. The molecule has 0 aromatic heterocycles. The van der Waals surface area contributed by atoms with Gasteiger partial charge in [0.2, 0.25) is 0 Å². The van der Waals surface area contributed by atoms with Gasteiger partial charge in [-0.05, 0) is 36.3 Å². The van der Waals surface area contributed by atoms with Gasteiger partial charge in [-0.25, -0.2) is 0 Å². The van der Waals surface area contributed by atoms with Crippen LogP contribution in [0.4, 0.5) is 0 Å². The Morgan fingerprint density at radius 1 is 1.30 bits per heavy atom. The van der Waals surface area contributed by atoms with Gasteiger partial charge in [0.1, 0.15) is 0 Å². The topological polar surface area (TPSA) is 57.5 Å². The predicted octanol–water partition coefficient (Wildman–Crippen LogP) is 3.42. The van der Waals surface area contributed by atoms with Crippen molar-refractivity contribution in [2.75, 3.05) is 0 Å². The molecule has 3 nitrogen and oxygen atoms in total. The Bertz CT molecular complexity index is 452. The number of carbonyl (C=O) groups is 1. The first-order valence-electron chi connectivity index (χ1n) is 7.52. The minimum atomic E-state index is -0.777. The summed E-state index contributed by atoms with van der Waals surface area (Å²) in [6.07, 6.45) is 2.93. The molecule has 0 aliphatic heterocycles. The zero-order chi connectivity index (χ0) is 14.7. The van der Waals surface area contributed by atoms with Crippen LogP contribution in [0.3, 0.4) is 0 Å². The molecule has 0 heterocycles. The summed E-state index contributed by atoms with van der Waals surface area (Å²) in [5.74, 6) is -0.994. The summed E-state index contributed by atoms with van der Waals surface area (Å²) in [7, 11) is 0. The van der Waals surface area contributed by atoms with Gasteiger partial charge in [0, 0.05) is 5.92 Å². The second-order valence-corrected chi connectivity index (χ2v) is 6.12. The number of carboxylic acid groups (broad SMARTS) is 1. The van der Waals surface area contributed by atoms with E-state index in [0.29, 0.717) is 12.3 Å². The third kappa shape index (κ3) is 3.21. The summed E-state index contributed by atoms with van der Waals surface area (Å²) in [6, 6.07) is 7.96. The molecule has 1 aliphatic carbocycles. The van der Waals surface area contributed by atoms with E-state index < -0.39 is 18.0 Å². The molecule has 4 atom stereocenters. The number of aryl methyl sites for hydroxylation is 1. The van der Waals surface area contributed by atoms with Crippen LogP contribution in [0.2, 0.25) is 0 Å². The third-order valence-electron chi connectivity index (χ3n) is 4.43. The molecule has 4 unspecified atom stereocenters. The Morgan fingerprint density at radius 2 is 1.95 bits per heavy atom. The Kier molecular flexibility index (Phi) is 4.81. The molecular weight excluding hydrogens is 252 g/mol. The lowest BCUT2D eigenvalue weighted by Gasteiger charge is -2.22. The molecule has 2 rings (SSSR count). The van der Waals surface area contributed by atoms with Crippen molar-refractivity contribution in [3.05, 3.63) is 35.4 Å². The van der Waals surface area contributed by atoms with Gasteiger partial charge >= 0.3 is 5.97 Å². The van der Waals surface area contributed by atoms with Crippen LogP contribution >= 0.6 is 0 Å². The van der Waals surface area contributed by atoms with Crippen molar-refractivity contribution in [1.29, 1.82) is 0 Å². The monoisotopic (exact) mass is 276 g/mol. The quantitative estimate of drug-likeness (QED) is 0.866. The molecule has 1 aromatic carbocycles. The fraction of sp³-hybridized carbons (Fsp3) is 0.588. The Morgan fingerprint density at radius 3 is 2.50 bits per heavy atom. The fourth-order valence-electron chi connectivity index (χ4n) is 3.38. The first kappa shape index (κ1) is 15.0. The van der Waals surface area contributed by atoms with E-state index in [-0.39, 0.29) is 5.92 Å². The minimum absolute atomic E-state index is 0.167. The molecule has 110 valence electrons. The number of carboxylic acids is 1. The van der Waals surface area contributed by atoms with E-state index in [1.807, 2.05) is 24.3 Å². The van der Waals surface area contributed by atoms with Gasteiger partial charge in [0.15, 0.2) is 0 Å². The van der Waals surface area contributed by atoms with E-state index in [4.69, 9.17) is 0 Å². The summed E-state index contributed by atoms with van der Waals surface area (Å²) in [5.41, 5.74) is 2.10. The van der Waals surface area contributed by atoms with Gasteiger partial charge in [-0.2, -0.15) is 0 Å². The SMILES string of the molecule is CCCc1ccc(C(O)C2CC(C)CC2C(=O)O)cc1. The number of benzene rings is 1. The molecular formula is C17H24O3. The highest BCUT2D eigenvalue weighted by Gasteiger charge is 2.41. The van der Waals surface area contributed by atoms with Crippen LogP contribution in [0.5, 0.6) is 0 Å². The number of aliphatic carboxylic acids is 1. The molecule has 20 heavy (non-hydrogen) atoms. The Hall–Kier alpha value is -1.35.